The normalized spacial score (nSPS) is 15.6. The molecule has 0 bridgehead atoms. The van der Waals surface area contributed by atoms with Gasteiger partial charge >= 0.3 is 0 Å². The highest BCUT2D eigenvalue weighted by atomic mass is 32.2. The predicted octanol–water partition coefficient (Wildman–Crippen LogP) is 4.88. The molecule has 0 fully saturated rings. The first kappa shape index (κ1) is 22.2. The van der Waals surface area contributed by atoms with Crippen molar-refractivity contribution in [1.82, 2.24) is 0 Å². The first-order valence-electron chi connectivity index (χ1n) is 9.30. The topological polar surface area (TPSA) is 26.3 Å². The third-order valence-electron chi connectivity index (χ3n) is 4.84. The molecule has 0 radical (unpaired) electrons. The van der Waals surface area contributed by atoms with E-state index in [0.29, 0.717) is 11.0 Å². The molecule has 0 spiro atoms. The Labute approximate surface area is 146 Å². The molecule has 0 aliphatic carbocycles. The van der Waals surface area contributed by atoms with Gasteiger partial charge in [-0.05, 0) is 31.6 Å². The van der Waals surface area contributed by atoms with Crippen molar-refractivity contribution >= 4 is 27.4 Å². The Kier molecular flexibility index (Phi) is 13.7. The Balaban J connectivity index is 4.23. The minimum atomic E-state index is 0.0180. The zero-order valence-corrected chi connectivity index (χ0v) is 18.4. The van der Waals surface area contributed by atoms with E-state index < -0.39 is 0 Å². The zero-order valence-electron chi connectivity index (χ0n) is 15.6. The summed E-state index contributed by atoms with van der Waals surface area (Å²) in [6.45, 7) is 8.92. The summed E-state index contributed by atoms with van der Waals surface area (Å²) in [5.41, 5.74) is 0.0180. The number of carbonyl (C=O) groups excluding carboxylic acids is 1. The van der Waals surface area contributed by atoms with Crippen molar-refractivity contribution in [3.63, 3.8) is 0 Å². The van der Waals surface area contributed by atoms with Crippen LogP contribution in [0.2, 0.25) is 0 Å². The summed E-state index contributed by atoms with van der Waals surface area (Å²) in [5, 5.41) is 0.379. The fourth-order valence-corrected chi connectivity index (χ4v) is 5.33. The second-order valence-electron chi connectivity index (χ2n) is 6.32. The Bertz CT molecular complexity index is 280. The van der Waals surface area contributed by atoms with Gasteiger partial charge in [0.2, 0.25) is 0 Å². The van der Waals surface area contributed by atoms with E-state index in [2.05, 4.69) is 27.7 Å². The molecule has 4 heteroatoms. The second-order valence-corrected chi connectivity index (χ2v) is 7.81. The van der Waals surface area contributed by atoms with Gasteiger partial charge < -0.3 is 4.43 Å². The Hall–Kier alpha value is 0.197. The lowest BCUT2D eigenvalue weighted by atomic mass is 9.81. The molecule has 0 aliphatic rings. The molecule has 132 valence electrons. The van der Waals surface area contributed by atoms with Crippen LogP contribution in [-0.4, -0.2) is 27.0 Å². The summed E-state index contributed by atoms with van der Waals surface area (Å²) in [4.78, 5) is 12.1. The maximum Gasteiger partial charge on any atom is 0.188 e. The van der Waals surface area contributed by atoms with Gasteiger partial charge in [0.15, 0.2) is 5.12 Å². The van der Waals surface area contributed by atoms with Crippen LogP contribution < -0.4 is 0 Å². The largest absolute Gasteiger partial charge is 0.422 e. The molecule has 0 saturated heterocycles. The number of hydrogen-bond donors (Lipinski definition) is 0. The zero-order chi connectivity index (χ0) is 16.8. The molecule has 22 heavy (non-hydrogen) atoms. The molecule has 2 nitrogen and oxygen atoms in total. The van der Waals surface area contributed by atoms with Crippen LogP contribution in [0.3, 0.4) is 0 Å². The maximum absolute atomic E-state index is 12.1. The van der Waals surface area contributed by atoms with Gasteiger partial charge in [-0.2, -0.15) is 0 Å². The summed E-state index contributed by atoms with van der Waals surface area (Å²) in [7, 11) is 0.784. The third-order valence-corrected chi connectivity index (χ3v) is 6.75. The molecule has 0 aromatic carbocycles. The van der Waals surface area contributed by atoms with E-state index in [-0.39, 0.29) is 5.60 Å². The monoisotopic (exact) mass is 346 g/mol. The van der Waals surface area contributed by atoms with Crippen LogP contribution >= 0.6 is 11.8 Å². The van der Waals surface area contributed by atoms with Crippen molar-refractivity contribution in [2.45, 2.75) is 97.5 Å². The molecular formula is C18H38O2SSi. The van der Waals surface area contributed by atoms with Gasteiger partial charge in [0.05, 0.1) is 5.60 Å². The minimum absolute atomic E-state index is 0.0180. The van der Waals surface area contributed by atoms with Gasteiger partial charge in [0.1, 0.15) is 10.5 Å². The Morgan fingerprint density at radius 2 is 1.77 bits per heavy atom. The molecule has 0 aromatic rings. The average molecular weight is 347 g/mol. The lowest BCUT2D eigenvalue weighted by Crippen LogP contribution is -2.41. The van der Waals surface area contributed by atoms with Crippen LogP contribution in [0.15, 0.2) is 0 Å². The van der Waals surface area contributed by atoms with E-state index in [1.165, 1.54) is 25.7 Å². The van der Waals surface area contributed by atoms with Gasteiger partial charge in [0, 0.05) is 12.2 Å². The SMILES string of the molecule is CCCCCCCC(=O)SCC(CC)C(CC)(CCC)O[SiH3]. The van der Waals surface area contributed by atoms with Gasteiger partial charge in [-0.1, -0.05) is 71.6 Å². The van der Waals surface area contributed by atoms with Gasteiger partial charge in [-0.15, -0.1) is 0 Å². The van der Waals surface area contributed by atoms with Crippen molar-refractivity contribution in [1.29, 1.82) is 0 Å². The van der Waals surface area contributed by atoms with E-state index in [0.717, 1.165) is 54.8 Å². The molecule has 2 atom stereocenters. The second kappa shape index (κ2) is 13.6. The van der Waals surface area contributed by atoms with Gasteiger partial charge in [0.25, 0.3) is 0 Å². The highest BCUT2D eigenvalue weighted by Gasteiger charge is 2.35. The lowest BCUT2D eigenvalue weighted by molar-refractivity contribution is -0.111. The molecule has 0 aromatic heterocycles. The smallest absolute Gasteiger partial charge is 0.188 e. The molecule has 0 amide bonds. The molecule has 0 saturated carbocycles. The number of carbonyl (C=O) groups is 1. The first-order chi connectivity index (χ1) is 10.6. The fraction of sp³-hybridized carbons (Fsp3) is 0.944. The number of rotatable bonds is 14. The molecule has 2 unspecified atom stereocenters. The Morgan fingerprint density at radius 1 is 1.09 bits per heavy atom. The number of thioether (sulfide) groups is 1. The highest BCUT2D eigenvalue weighted by Crippen LogP contribution is 2.35. The van der Waals surface area contributed by atoms with Crippen molar-refractivity contribution in [3.05, 3.63) is 0 Å². The van der Waals surface area contributed by atoms with Crippen LogP contribution in [0.4, 0.5) is 0 Å². The van der Waals surface area contributed by atoms with Crippen molar-refractivity contribution < 1.29 is 9.22 Å². The van der Waals surface area contributed by atoms with E-state index in [1.807, 2.05) is 0 Å². The quantitative estimate of drug-likeness (QED) is 0.331. The summed E-state index contributed by atoms with van der Waals surface area (Å²) in [6, 6.07) is 0. The third kappa shape index (κ3) is 8.16. The first-order valence-corrected chi connectivity index (χ1v) is 11.1. The van der Waals surface area contributed by atoms with Crippen molar-refractivity contribution in [2.75, 3.05) is 5.75 Å². The van der Waals surface area contributed by atoms with Crippen LogP contribution in [0.25, 0.3) is 0 Å². The van der Waals surface area contributed by atoms with Gasteiger partial charge in [-0.25, -0.2) is 0 Å². The maximum atomic E-state index is 12.1. The van der Waals surface area contributed by atoms with Crippen LogP contribution in [0, 0.1) is 5.92 Å². The van der Waals surface area contributed by atoms with Crippen molar-refractivity contribution in [2.24, 2.45) is 5.92 Å². The number of unbranched alkanes of at least 4 members (excludes halogenated alkanes) is 4. The average Bonchev–Trinajstić information content (AvgIpc) is 2.54. The summed E-state index contributed by atoms with van der Waals surface area (Å²) in [5.74, 6) is 1.43. The van der Waals surface area contributed by atoms with Crippen LogP contribution in [-0.2, 0) is 9.22 Å². The molecule has 0 N–H and O–H groups in total. The summed E-state index contributed by atoms with van der Waals surface area (Å²) >= 11 is 1.55. The van der Waals surface area contributed by atoms with E-state index in [1.54, 1.807) is 11.8 Å². The summed E-state index contributed by atoms with van der Waals surface area (Å²) < 4.78 is 6.05. The van der Waals surface area contributed by atoms with E-state index in [9.17, 15) is 4.79 Å². The predicted molar refractivity (Wildman–Crippen MR) is 104 cm³/mol. The molecule has 0 aliphatic heterocycles. The number of hydrogen-bond acceptors (Lipinski definition) is 3. The minimum Gasteiger partial charge on any atom is -0.422 e. The standard InChI is InChI=1S/C18H38O2SSi/c1-5-9-10-11-12-13-17(19)21-15-16(7-3)18(8-4,20-22)14-6-2/h16H,5-15H2,1-4,22H3. The lowest BCUT2D eigenvalue weighted by Gasteiger charge is -2.39. The van der Waals surface area contributed by atoms with E-state index >= 15 is 0 Å². The molecular weight excluding hydrogens is 308 g/mol. The molecule has 0 heterocycles. The van der Waals surface area contributed by atoms with Crippen LogP contribution in [0.5, 0.6) is 0 Å². The van der Waals surface area contributed by atoms with E-state index in [4.69, 9.17) is 4.43 Å². The fourth-order valence-electron chi connectivity index (χ4n) is 3.29. The highest BCUT2D eigenvalue weighted by molar-refractivity contribution is 8.13. The van der Waals surface area contributed by atoms with Crippen molar-refractivity contribution in [3.8, 4) is 0 Å². The molecule has 0 rings (SSSR count). The Morgan fingerprint density at radius 3 is 2.27 bits per heavy atom. The van der Waals surface area contributed by atoms with Crippen LogP contribution in [0.1, 0.15) is 91.9 Å². The van der Waals surface area contributed by atoms with Gasteiger partial charge in [-0.3, -0.25) is 4.79 Å². The summed E-state index contributed by atoms with van der Waals surface area (Å²) in [6.07, 6.45) is 11.3.